The molecule has 0 spiro atoms. The van der Waals surface area contributed by atoms with Crippen LogP contribution in [0.1, 0.15) is 5.56 Å². The van der Waals surface area contributed by atoms with Gasteiger partial charge < -0.3 is 9.47 Å². The molecule has 4 aromatic carbocycles. The van der Waals surface area contributed by atoms with Gasteiger partial charge in [0.1, 0.15) is 0 Å². The molecule has 4 nitrogen and oxygen atoms in total. The van der Waals surface area contributed by atoms with Crippen molar-refractivity contribution in [2.45, 2.75) is 4.90 Å². The zero-order chi connectivity index (χ0) is 24.9. The molecule has 180 valence electrons. The maximum atomic E-state index is 13.0. The molecule has 1 fully saturated rings. The first kappa shape index (κ1) is 24.4. The maximum absolute atomic E-state index is 13.0. The molecule has 1 amide bonds. The Balaban J connectivity index is 1.24. The molecular formula is C29H23NO3S3. The number of rotatable bonds is 8. The number of amides is 1. The zero-order valence-electron chi connectivity index (χ0n) is 19.5. The van der Waals surface area contributed by atoms with Crippen LogP contribution in [0.3, 0.4) is 0 Å². The quantitative estimate of drug-likeness (QED) is 0.102. The number of hydrogen-bond donors (Lipinski definition) is 0. The van der Waals surface area contributed by atoms with Crippen molar-refractivity contribution in [2.75, 3.05) is 24.4 Å². The molecule has 0 unspecified atom stereocenters. The molecule has 36 heavy (non-hydrogen) atoms. The van der Waals surface area contributed by atoms with E-state index in [1.165, 1.54) is 27.4 Å². The van der Waals surface area contributed by atoms with Crippen molar-refractivity contribution < 1.29 is 14.3 Å². The van der Waals surface area contributed by atoms with Crippen molar-refractivity contribution in [3.8, 4) is 11.5 Å². The number of para-hydroxylation sites is 1. The van der Waals surface area contributed by atoms with Crippen LogP contribution in [-0.4, -0.2) is 29.7 Å². The lowest BCUT2D eigenvalue weighted by atomic mass is 10.1. The summed E-state index contributed by atoms with van der Waals surface area (Å²) in [6.07, 6.45) is 1.84. The van der Waals surface area contributed by atoms with E-state index in [1.54, 1.807) is 23.8 Å². The van der Waals surface area contributed by atoms with Gasteiger partial charge in [-0.3, -0.25) is 9.69 Å². The number of anilines is 1. The van der Waals surface area contributed by atoms with Crippen LogP contribution in [0.25, 0.3) is 16.8 Å². The van der Waals surface area contributed by atoms with E-state index in [0.29, 0.717) is 27.3 Å². The Hall–Kier alpha value is -3.26. The average Bonchev–Trinajstić information content (AvgIpc) is 3.19. The second kappa shape index (κ2) is 11.2. The van der Waals surface area contributed by atoms with E-state index in [9.17, 15) is 4.79 Å². The van der Waals surface area contributed by atoms with Crippen molar-refractivity contribution >= 4 is 68.5 Å². The number of hydrogen-bond acceptors (Lipinski definition) is 6. The van der Waals surface area contributed by atoms with Crippen LogP contribution in [0.15, 0.2) is 101 Å². The van der Waals surface area contributed by atoms with Crippen LogP contribution < -0.4 is 14.4 Å². The molecule has 0 atom stereocenters. The van der Waals surface area contributed by atoms with Gasteiger partial charge >= 0.3 is 0 Å². The molecule has 1 aliphatic rings. The molecule has 1 heterocycles. The minimum atomic E-state index is -0.124. The van der Waals surface area contributed by atoms with Crippen molar-refractivity contribution in [1.82, 2.24) is 0 Å². The minimum Gasteiger partial charge on any atom is -0.493 e. The van der Waals surface area contributed by atoms with Crippen molar-refractivity contribution in [1.29, 1.82) is 0 Å². The smallest absolute Gasteiger partial charge is 0.270 e. The van der Waals surface area contributed by atoms with Gasteiger partial charge in [0.2, 0.25) is 0 Å². The Labute approximate surface area is 224 Å². The van der Waals surface area contributed by atoms with Gasteiger partial charge in [0.25, 0.3) is 5.91 Å². The zero-order valence-corrected chi connectivity index (χ0v) is 22.0. The molecular weight excluding hydrogens is 507 g/mol. The number of thiocarbonyl (C=S) groups is 1. The highest BCUT2D eigenvalue weighted by Gasteiger charge is 2.33. The van der Waals surface area contributed by atoms with Gasteiger partial charge in [-0.05, 0) is 52.7 Å². The van der Waals surface area contributed by atoms with Crippen LogP contribution in [0.5, 0.6) is 11.5 Å². The third-order valence-corrected chi connectivity index (χ3v) is 7.98. The number of ether oxygens (including phenoxy) is 2. The highest BCUT2D eigenvalue weighted by atomic mass is 32.2. The third kappa shape index (κ3) is 5.28. The largest absolute Gasteiger partial charge is 0.493 e. The molecule has 0 saturated carbocycles. The molecule has 1 saturated heterocycles. The molecule has 0 aliphatic carbocycles. The van der Waals surface area contributed by atoms with E-state index < -0.39 is 0 Å². The summed E-state index contributed by atoms with van der Waals surface area (Å²) in [4.78, 5) is 16.4. The molecule has 0 N–H and O–H groups in total. The van der Waals surface area contributed by atoms with Gasteiger partial charge in [0.15, 0.2) is 15.8 Å². The topological polar surface area (TPSA) is 38.8 Å². The summed E-state index contributed by atoms with van der Waals surface area (Å²) in [5.41, 5.74) is 1.61. The van der Waals surface area contributed by atoms with Crippen LogP contribution >= 0.6 is 35.7 Å². The fourth-order valence-corrected chi connectivity index (χ4v) is 6.14. The highest BCUT2D eigenvalue weighted by molar-refractivity contribution is 8.27. The van der Waals surface area contributed by atoms with Crippen LogP contribution in [0.2, 0.25) is 0 Å². The molecule has 1 aliphatic heterocycles. The standard InChI is InChI=1S/C29H23NO3S3/c1-32-25-18-20(19-27-28(31)30(29(34)36-27)22-10-3-2-4-11-22)14-15-24(25)33-16-17-35-26-13-7-9-21-8-5-6-12-23(21)26/h2-15,18-19H,16-17H2,1H3/b27-19-. The molecule has 0 radical (unpaired) electrons. The first-order chi connectivity index (χ1) is 17.6. The predicted octanol–water partition coefficient (Wildman–Crippen LogP) is 7.43. The van der Waals surface area contributed by atoms with Gasteiger partial charge in [-0.1, -0.05) is 84.6 Å². The number of benzene rings is 4. The SMILES string of the molecule is COc1cc(/C=C2\SC(=S)N(c3ccccc3)C2=O)ccc1OCCSc1cccc2ccccc12. The Morgan fingerprint density at radius 3 is 2.56 bits per heavy atom. The Kier molecular flexibility index (Phi) is 7.60. The van der Waals surface area contributed by atoms with Crippen molar-refractivity contribution in [3.63, 3.8) is 0 Å². The summed E-state index contributed by atoms with van der Waals surface area (Å²) in [7, 11) is 1.62. The lowest BCUT2D eigenvalue weighted by Crippen LogP contribution is -2.27. The monoisotopic (exact) mass is 529 g/mol. The lowest BCUT2D eigenvalue weighted by molar-refractivity contribution is -0.113. The fraction of sp³-hybridized carbons (Fsp3) is 0.103. The van der Waals surface area contributed by atoms with E-state index >= 15 is 0 Å². The number of carbonyl (C=O) groups is 1. The Morgan fingerprint density at radius 2 is 1.72 bits per heavy atom. The van der Waals surface area contributed by atoms with Crippen LogP contribution in [0, 0.1) is 0 Å². The van der Waals surface area contributed by atoms with Crippen molar-refractivity contribution in [2.24, 2.45) is 0 Å². The number of thioether (sulfide) groups is 2. The van der Waals surface area contributed by atoms with Gasteiger partial charge in [-0.15, -0.1) is 11.8 Å². The van der Waals surface area contributed by atoms with Crippen LogP contribution in [0.4, 0.5) is 5.69 Å². The van der Waals surface area contributed by atoms with Gasteiger partial charge in [-0.25, -0.2) is 0 Å². The average molecular weight is 530 g/mol. The van der Waals surface area contributed by atoms with Crippen LogP contribution in [-0.2, 0) is 4.79 Å². The number of fused-ring (bicyclic) bond motifs is 1. The molecule has 5 rings (SSSR count). The summed E-state index contributed by atoms with van der Waals surface area (Å²) in [5.74, 6) is 1.98. The summed E-state index contributed by atoms with van der Waals surface area (Å²) in [6.45, 7) is 0.541. The Bertz CT molecular complexity index is 1450. The highest BCUT2D eigenvalue weighted by Crippen LogP contribution is 2.37. The first-order valence-electron chi connectivity index (χ1n) is 11.4. The second-order valence-corrected chi connectivity index (χ2v) is 10.7. The van der Waals surface area contributed by atoms with E-state index in [2.05, 4.69) is 42.5 Å². The number of methoxy groups -OCH3 is 1. The van der Waals surface area contributed by atoms with Gasteiger partial charge in [0, 0.05) is 10.6 Å². The van der Waals surface area contributed by atoms with E-state index in [-0.39, 0.29) is 5.91 Å². The fourth-order valence-electron chi connectivity index (χ4n) is 3.94. The predicted molar refractivity (Wildman–Crippen MR) is 155 cm³/mol. The molecule has 0 aromatic heterocycles. The Morgan fingerprint density at radius 1 is 0.944 bits per heavy atom. The molecule has 4 aromatic rings. The van der Waals surface area contributed by atoms with Crippen molar-refractivity contribution in [3.05, 3.63) is 101 Å². The number of carbonyl (C=O) groups excluding carboxylic acids is 1. The van der Waals surface area contributed by atoms with E-state index in [4.69, 9.17) is 21.7 Å². The summed E-state index contributed by atoms with van der Waals surface area (Å²) in [6, 6.07) is 29.9. The first-order valence-corrected chi connectivity index (χ1v) is 13.6. The van der Waals surface area contributed by atoms with Gasteiger partial charge in [0.05, 0.1) is 24.3 Å². The minimum absolute atomic E-state index is 0.124. The summed E-state index contributed by atoms with van der Waals surface area (Å²) in [5, 5.41) is 2.49. The summed E-state index contributed by atoms with van der Waals surface area (Å²) < 4.78 is 12.1. The maximum Gasteiger partial charge on any atom is 0.270 e. The second-order valence-electron chi connectivity index (χ2n) is 7.94. The molecule has 7 heteroatoms. The normalized spacial score (nSPS) is 14.6. The molecule has 0 bridgehead atoms. The van der Waals surface area contributed by atoms with E-state index in [0.717, 1.165) is 17.0 Å². The van der Waals surface area contributed by atoms with Gasteiger partial charge in [-0.2, -0.15) is 0 Å². The third-order valence-electron chi connectivity index (χ3n) is 5.64. The lowest BCUT2D eigenvalue weighted by Gasteiger charge is -2.14. The summed E-state index contributed by atoms with van der Waals surface area (Å²) >= 11 is 8.54. The number of nitrogens with zero attached hydrogens (tertiary/aromatic N) is 1. The van der Waals surface area contributed by atoms with E-state index in [1.807, 2.05) is 54.6 Å².